The average molecular weight is 303 g/mol. The topological polar surface area (TPSA) is 74.7 Å². The molecule has 1 saturated carbocycles. The summed E-state index contributed by atoms with van der Waals surface area (Å²) >= 11 is 1.54. The molecule has 1 aromatic heterocycles. The van der Waals surface area contributed by atoms with Gasteiger partial charge >= 0.3 is 5.97 Å². The van der Waals surface area contributed by atoms with Crippen molar-refractivity contribution in [3.8, 4) is 0 Å². The van der Waals surface area contributed by atoms with Gasteiger partial charge in [-0.05, 0) is 30.7 Å². The van der Waals surface area contributed by atoms with Crippen LogP contribution in [0, 0.1) is 0 Å². The Morgan fingerprint density at radius 3 is 2.74 bits per heavy atom. The Morgan fingerprint density at radius 2 is 2.21 bits per heavy atom. The Bertz CT molecular complexity index is 520. The molecule has 0 bridgehead atoms. The molecule has 7 heteroatoms. The van der Waals surface area contributed by atoms with E-state index < -0.39 is 16.0 Å². The quantitative estimate of drug-likeness (QED) is 0.796. The van der Waals surface area contributed by atoms with Gasteiger partial charge in [-0.2, -0.15) is 4.31 Å². The van der Waals surface area contributed by atoms with E-state index in [0.717, 1.165) is 17.7 Å². The molecule has 5 nitrogen and oxygen atoms in total. The van der Waals surface area contributed by atoms with Gasteiger partial charge in [-0.3, -0.25) is 4.79 Å². The van der Waals surface area contributed by atoms with E-state index in [1.165, 1.54) is 0 Å². The highest BCUT2D eigenvalue weighted by Crippen LogP contribution is 2.32. The molecule has 1 aliphatic rings. The van der Waals surface area contributed by atoms with Crippen LogP contribution in [-0.4, -0.2) is 35.6 Å². The maximum atomic E-state index is 12.3. The van der Waals surface area contributed by atoms with Gasteiger partial charge in [0.05, 0.1) is 5.75 Å². The fourth-order valence-corrected chi connectivity index (χ4v) is 4.43. The lowest BCUT2D eigenvalue weighted by Crippen LogP contribution is -2.34. The van der Waals surface area contributed by atoms with Crippen molar-refractivity contribution < 1.29 is 18.3 Å². The molecule has 0 aliphatic heterocycles. The third-order valence-corrected chi connectivity index (χ3v) is 5.80. The maximum Gasteiger partial charge on any atom is 0.303 e. The summed E-state index contributed by atoms with van der Waals surface area (Å²) in [5.74, 6) is -1.03. The van der Waals surface area contributed by atoms with Gasteiger partial charge in [0.25, 0.3) is 0 Å². The molecule has 1 aromatic rings. The monoisotopic (exact) mass is 303 g/mol. The van der Waals surface area contributed by atoms with Crippen molar-refractivity contribution in [2.45, 2.75) is 38.3 Å². The third kappa shape index (κ3) is 4.29. The summed E-state index contributed by atoms with van der Waals surface area (Å²) in [6, 6.07) is 3.94. The number of nitrogens with zero attached hydrogens (tertiary/aromatic N) is 1. The predicted molar refractivity (Wildman–Crippen MR) is 73.5 cm³/mol. The van der Waals surface area contributed by atoms with E-state index in [9.17, 15) is 13.2 Å². The standard InChI is InChI=1S/C12H17NO4S2/c14-12(15)4-2-8-19(16,17)13(10-5-6-10)9-11-3-1-7-18-11/h1,3,7,10H,2,4-6,8-9H2,(H,14,15). The number of carbonyl (C=O) groups is 1. The normalized spacial score (nSPS) is 15.8. The zero-order chi connectivity index (χ0) is 13.9. The first kappa shape index (κ1) is 14.5. The van der Waals surface area contributed by atoms with Crippen molar-refractivity contribution in [3.05, 3.63) is 22.4 Å². The smallest absolute Gasteiger partial charge is 0.303 e. The van der Waals surface area contributed by atoms with Crippen molar-refractivity contribution >= 4 is 27.3 Å². The van der Waals surface area contributed by atoms with Crippen LogP contribution in [0.5, 0.6) is 0 Å². The van der Waals surface area contributed by atoms with Crippen molar-refractivity contribution in [1.82, 2.24) is 4.31 Å². The number of rotatable bonds is 8. The van der Waals surface area contributed by atoms with Gasteiger partial charge in [0.15, 0.2) is 0 Å². The Kier molecular flexibility index (Phi) is 4.59. The number of carboxylic acids is 1. The molecule has 2 rings (SSSR count). The molecule has 0 radical (unpaired) electrons. The number of sulfonamides is 1. The maximum absolute atomic E-state index is 12.3. The van der Waals surface area contributed by atoms with E-state index in [4.69, 9.17) is 5.11 Å². The van der Waals surface area contributed by atoms with Crippen molar-refractivity contribution in [2.24, 2.45) is 0 Å². The van der Waals surface area contributed by atoms with Crippen molar-refractivity contribution in [2.75, 3.05) is 5.75 Å². The molecule has 1 heterocycles. The molecule has 1 N–H and O–H groups in total. The van der Waals surface area contributed by atoms with E-state index in [2.05, 4.69) is 0 Å². The number of aliphatic carboxylic acids is 1. The van der Waals surface area contributed by atoms with E-state index in [-0.39, 0.29) is 24.6 Å². The predicted octanol–water partition coefficient (Wildman–Crippen LogP) is 1.91. The zero-order valence-corrected chi connectivity index (χ0v) is 12.1. The second kappa shape index (κ2) is 6.02. The molecular formula is C12H17NO4S2. The number of carboxylic acid groups (broad SMARTS) is 1. The van der Waals surface area contributed by atoms with Crippen molar-refractivity contribution in [3.63, 3.8) is 0 Å². The minimum absolute atomic E-state index is 0.0822. The minimum Gasteiger partial charge on any atom is -0.481 e. The van der Waals surface area contributed by atoms with Crippen LogP contribution in [0.1, 0.15) is 30.6 Å². The molecule has 19 heavy (non-hydrogen) atoms. The van der Waals surface area contributed by atoms with Crippen LogP contribution in [0.2, 0.25) is 0 Å². The molecule has 0 saturated heterocycles. The third-order valence-electron chi connectivity index (χ3n) is 3.00. The van der Waals surface area contributed by atoms with Crippen LogP contribution in [0.3, 0.4) is 0 Å². The van der Waals surface area contributed by atoms with Crippen molar-refractivity contribution in [1.29, 1.82) is 0 Å². The first-order chi connectivity index (χ1) is 8.99. The lowest BCUT2D eigenvalue weighted by atomic mass is 10.3. The number of thiophene rings is 1. The fourth-order valence-electron chi connectivity index (χ4n) is 1.90. The molecule has 1 fully saturated rings. The van der Waals surface area contributed by atoms with Gasteiger partial charge in [-0.15, -0.1) is 11.3 Å². The number of hydrogen-bond donors (Lipinski definition) is 1. The fraction of sp³-hybridized carbons (Fsp3) is 0.583. The van der Waals surface area contributed by atoms with Gasteiger partial charge in [-0.25, -0.2) is 8.42 Å². The SMILES string of the molecule is O=C(O)CCCS(=O)(=O)N(Cc1cccs1)C1CC1. The zero-order valence-electron chi connectivity index (χ0n) is 10.5. The second-order valence-electron chi connectivity index (χ2n) is 4.67. The molecule has 0 amide bonds. The van der Waals surface area contributed by atoms with Gasteiger partial charge in [0.2, 0.25) is 10.0 Å². The first-order valence-corrected chi connectivity index (χ1v) is 8.71. The second-order valence-corrected chi connectivity index (χ2v) is 7.74. The summed E-state index contributed by atoms with van der Waals surface area (Å²) in [5, 5.41) is 10.5. The molecule has 0 unspecified atom stereocenters. The number of hydrogen-bond acceptors (Lipinski definition) is 4. The highest BCUT2D eigenvalue weighted by atomic mass is 32.2. The lowest BCUT2D eigenvalue weighted by molar-refractivity contribution is -0.137. The van der Waals surface area contributed by atoms with E-state index in [1.807, 2.05) is 17.5 Å². The summed E-state index contributed by atoms with van der Waals surface area (Å²) in [4.78, 5) is 11.5. The van der Waals surface area contributed by atoms with Crippen LogP contribution in [0.25, 0.3) is 0 Å². The lowest BCUT2D eigenvalue weighted by Gasteiger charge is -2.21. The van der Waals surface area contributed by atoms with E-state index >= 15 is 0 Å². The summed E-state index contributed by atoms with van der Waals surface area (Å²) in [5.41, 5.74) is 0. The van der Waals surface area contributed by atoms with Crippen LogP contribution in [0.4, 0.5) is 0 Å². The Labute approximate surface area is 116 Å². The summed E-state index contributed by atoms with van der Waals surface area (Å²) in [7, 11) is -3.35. The molecule has 106 valence electrons. The Morgan fingerprint density at radius 1 is 1.47 bits per heavy atom. The van der Waals surface area contributed by atoms with E-state index in [0.29, 0.717) is 6.54 Å². The molecular weight excluding hydrogens is 286 g/mol. The van der Waals surface area contributed by atoms with Gasteiger partial charge in [-0.1, -0.05) is 6.07 Å². The van der Waals surface area contributed by atoms with Crippen LogP contribution in [-0.2, 0) is 21.4 Å². The largest absolute Gasteiger partial charge is 0.481 e. The molecule has 0 spiro atoms. The van der Waals surface area contributed by atoms with Gasteiger partial charge < -0.3 is 5.11 Å². The van der Waals surface area contributed by atoms with E-state index in [1.54, 1.807) is 15.6 Å². The summed E-state index contributed by atoms with van der Waals surface area (Å²) in [6.07, 6.45) is 1.88. The van der Waals surface area contributed by atoms with Gasteiger partial charge in [0, 0.05) is 23.9 Å². The van der Waals surface area contributed by atoms with Gasteiger partial charge in [0.1, 0.15) is 0 Å². The molecule has 1 aliphatic carbocycles. The highest BCUT2D eigenvalue weighted by molar-refractivity contribution is 7.89. The molecule has 0 atom stereocenters. The average Bonchev–Trinajstić information content (AvgIpc) is 3.02. The Balaban J connectivity index is 1.99. The van der Waals surface area contributed by atoms with Crippen LogP contribution < -0.4 is 0 Å². The summed E-state index contributed by atoms with van der Waals surface area (Å²) in [6.45, 7) is 0.414. The highest BCUT2D eigenvalue weighted by Gasteiger charge is 2.36. The Hall–Kier alpha value is -0.920. The minimum atomic E-state index is -3.35. The first-order valence-electron chi connectivity index (χ1n) is 6.23. The van der Waals surface area contributed by atoms with Crippen LogP contribution >= 0.6 is 11.3 Å². The van der Waals surface area contributed by atoms with Crippen LogP contribution in [0.15, 0.2) is 17.5 Å². The summed E-state index contributed by atoms with van der Waals surface area (Å²) < 4.78 is 26.1. The molecule has 0 aromatic carbocycles.